The minimum atomic E-state index is 0.498. The largest absolute Gasteiger partial charge is 0.303 e. The van der Waals surface area contributed by atoms with E-state index in [-0.39, 0.29) is 0 Å². The molecule has 3 rings (SSSR count). The Bertz CT molecular complexity index is 406. The van der Waals surface area contributed by atoms with E-state index in [4.69, 9.17) is 0 Å². The van der Waals surface area contributed by atoms with Crippen molar-refractivity contribution < 1.29 is 0 Å². The van der Waals surface area contributed by atoms with Gasteiger partial charge in [0.05, 0.1) is 0 Å². The van der Waals surface area contributed by atoms with Crippen LogP contribution in [0.5, 0.6) is 0 Å². The molecule has 2 heterocycles. The van der Waals surface area contributed by atoms with Gasteiger partial charge < -0.3 is 4.90 Å². The fourth-order valence-electron chi connectivity index (χ4n) is 4.01. The van der Waals surface area contributed by atoms with E-state index in [9.17, 15) is 0 Å². The van der Waals surface area contributed by atoms with E-state index >= 15 is 0 Å². The lowest BCUT2D eigenvalue weighted by Crippen LogP contribution is -2.51. The third kappa shape index (κ3) is 2.90. The summed E-state index contributed by atoms with van der Waals surface area (Å²) in [5.41, 5.74) is 0.498. The van der Waals surface area contributed by atoms with E-state index in [1.165, 1.54) is 51.7 Å². The molecule has 4 nitrogen and oxygen atoms in total. The van der Waals surface area contributed by atoms with Crippen LogP contribution in [0.4, 0.5) is 0 Å². The van der Waals surface area contributed by atoms with Crippen LogP contribution in [-0.4, -0.2) is 39.3 Å². The van der Waals surface area contributed by atoms with E-state index in [1.54, 1.807) is 6.33 Å². The van der Waals surface area contributed by atoms with Gasteiger partial charge in [-0.3, -0.25) is 4.68 Å². The van der Waals surface area contributed by atoms with E-state index in [2.05, 4.69) is 28.8 Å². The summed E-state index contributed by atoms with van der Waals surface area (Å²) in [4.78, 5) is 6.72. The molecule has 0 spiro atoms. The lowest BCUT2D eigenvalue weighted by molar-refractivity contribution is -0.0487. The fraction of sp³-hybridized carbons (Fsp3) is 0.875. The van der Waals surface area contributed by atoms with Crippen LogP contribution < -0.4 is 0 Å². The first-order valence-electron chi connectivity index (χ1n) is 8.21. The first kappa shape index (κ1) is 14.1. The Kier molecular flexibility index (Phi) is 4.11. The van der Waals surface area contributed by atoms with Crippen molar-refractivity contribution in [2.45, 2.75) is 52.5 Å². The number of likely N-dealkylation sites (tertiary alicyclic amines) is 1. The number of aromatic nitrogens is 3. The zero-order valence-electron chi connectivity index (χ0n) is 13.0. The van der Waals surface area contributed by atoms with Crippen molar-refractivity contribution in [1.82, 2.24) is 19.7 Å². The maximum Gasteiger partial charge on any atom is 0.137 e. The molecule has 2 atom stereocenters. The average Bonchev–Trinajstić information content (AvgIpc) is 2.96. The van der Waals surface area contributed by atoms with Gasteiger partial charge in [0.1, 0.15) is 12.7 Å². The van der Waals surface area contributed by atoms with Crippen LogP contribution in [0, 0.1) is 17.3 Å². The van der Waals surface area contributed by atoms with Gasteiger partial charge in [-0.15, -0.1) is 0 Å². The van der Waals surface area contributed by atoms with Crippen LogP contribution in [0.15, 0.2) is 12.7 Å². The van der Waals surface area contributed by atoms with E-state index < -0.39 is 0 Å². The van der Waals surface area contributed by atoms with Gasteiger partial charge in [-0.25, -0.2) is 4.98 Å². The molecule has 4 heteroatoms. The zero-order chi connectivity index (χ0) is 14.0. The van der Waals surface area contributed by atoms with Gasteiger partial charge in [-0.2, -0.15) is 5.10 Å². The molecule has 1 aliphatic carbocycles. The Hall–Kier alpha value is -0.900. The molecule has 0 aromatic carbocycles. The quantitative estimate of drug-likeness (QED) is 0.829. The highest BCUT2D eigenvalue weighted by Crippen LogP contribution is 2.53. The van der Waals surface area contributed by atoms with E-state index in [0.717, 1.165) is 18.4 Å². The summed E-state index contributed by atoms with van der Waals surface area (Å²) in [7, 11) is 0. The van der Waals surface area contributed by atoms with Gasteiger partial charge in [-0.05, 0) is 56.0 Å². The SMILES string of the molecule is CC1(C)C(CN2CCCCC2)C[C@@H]1CCn1cncn1. The van der Waals surface area contributed by atoms with Crippen LogP contribution in [-0.2, 0) is 6.54 Å². The van der Waals surface area contributed by atoms with Crippen molar-refractivity contribution in [3.05, 3.63) is 12.7 Å². The number of piperidine rings is 1. The molecule has 1 saturated carbocycles. The molecule has 2 fully saturated rings. The van der Waals surface area contributed by atoms with Gasteiger partial charge in [0.2, 0.25) is 0 Å². The standard InChI is InChI=1S/C16H28N4/c1-16(2)14(6-9-20-13-17-12-18-20)10-15(16)11-19-7-4-3-5-8-19/h12-15H,3-11H2,1-2H3/t14-,15?/m0/s1. The van der Waals surface area contributed by atoms with Gasteiger partial charge in [0.15, 0.2) is 0 Å². The van der Waals surface area contributed by atoms with Crippen molar-refractivity contribution in [1.29, 1.82) is 0 Å². The highest BCUT2D eigenvalue weighted by atomic mass is 15.3. The number of hydrogen-bond donors (Lipinski definition) is 0. The van der Waals surface area contributed by atoms with Crippen LogP contribution in [0.2, 0.25) is 0 Å². The fourth-order valence-corrected chi connectivity index (χ4v) is 4.01. The number of aryl methyl sites for hydroxylation is 1. The van der Waals surface area contributed by atoms with Crippen LogP contribution in [0.3, 0.4) is 0 Å². The molecule has 112 valence electrons. The monoisotopic (exact) mass is 276 g/mol. The maximum absolute atomic E-state index is 4.20. The molecule has 1 aromatic rings. The smallest absolute Gasteiger partial charge is 0.137 e. The summed E-state index contributed by atoms with van der Waals surface area (Å²) in [6.45, 7) is 9.94. The summed E-state index contributed by atoms with van der Waals surface area (Å²) in [6.07, 6.45) is 10.4. The van der Waals surface area contributed by atoms with Gasteiger partial charge >= 0.3 is 0 Å². The van der Waals surface area contributed by atoms with Crippen molar-refractivity contribution >= 4 is 0 Å². The van der Waals surface area contributed by atoms with E-state index in [0.29, 0.717) is 5.41 Å². The minimum Gasteiger partial charge on any atom is -0.303 e. The topological polar surface area (TPSA) is 34.0 Å². The van der Waals surface area contributed by atoms with Gasteiger partial charge in [0.25, 0.3) is 0 Å². The van der Waals surface area contributed by atoms with Crippen LogP contribution >= 0.6 is 0 Å². The number of rotatable bonds is 5. The Morgan fingerprint density at radius 3 is 2.60 bits per heavy atom. The maximum atomic E-state index is 4.20. The molecule has 0 bridgehead atoms. The molecule has 1 aliphatic heterocycles. The molecule has 2 aliphatic rings. The second-order valence-corrected chi connectivity index (χ2v) is 7.26. The Balaban J connectivity index is 1.46. The normalized spacial score (nSPS) is 30.1. The number of nitrogens with zero attached hydrogens (tertiary/aromatic N) is 4. The molecular weight excluding hydrogens is 248 g/mol. The Morgan fingerprint density at radius 1 is 1.15 bits per heavy atom. The average molecular weight is 276 g/mol. The van der Waals surface area contributed by atoms with Gasteiger partial charge in [-0.1, -0.05) is 20.3 Å². The Morgan fingerprint density at radius 2 is 1.95 bits per heavy atom. The van der Waals surface area contributed by atoms with Crippen molar-refractivity contribution in [3.8, 4) is 0 Å². The third-order valence-corrected chi connectivity index (χ3v) is 5.77. The van der Waals surface area contributed by atoms with Crippen molar-refractivity contribution in [3.63, 3.8) is 0 Å². The summed E-state index contributed by atoms with van der Waals surface area (Å²) in [5, 5.41) is 4.20. The highest BCUT2D eigenvalue weighted by Gasteiger charge is 2.47. The molecule has 20 heavy (non-hydrogen) atoms. The lowest BCUT2D eigenvalue weighted by atomic mass is 9.53. The van der Waals surface area contributed by atoms with Crippen LogP contribution in [0.25, 0.3) is 0 Å². The van der Waals surface area contributed by atoms with E-state index in [1.807, 2.05) is 11.0 Å². The summed E-state index contributed by atoms with van der Waals surface area (Å²) in [6, 6.07) is 0. The molecule has 1 saturated heterocycles. The van der Waals surface area contributed by atoms with Crippen molar-refractivity contribution in [2.75, 3.05) is 19.6 Å². The van der Waals surface area contributed by atoms with Crippen LogP contribution in [0.1, 0.15) is 46.0 Å². The lowest BCUT2D eigenvalue weighted by Gasteiger charge is -2.54. The minimum absolute atomic E-state index is 0.498. The molecule has 0 radical (unpaired) electrons. The Labute approximate surface area is 122 Å². The highest BCUT2D eigenvalue weighted by molar-refractivity contribution is 4.97. The first-order chi connectivity index (χ1) is 9.66. The molecule has 0 amide bonds. The second-order valence-electron chi connectivity index (χ2n) is 7.26. The predicted molar refractivity (Wildman–Crippen MR) is 80.3 cm³/mol. The van der Waals surface area contributed by atoms with Crippen molar-refractivity contribution in [2.24, 2.45) is 17.3 Å². The molecule has 1 aromatic heterocycles. The first-order valence-corrected chi connectivity index (χ1v) is 8.21. The summed E-state index contributed by atoms with van der Waals surface area (Å²) >= 11 is 0. The molecule has 0 N–H and O–H groups in total. The summed E-state index contributed by atoms with van der Waals surface area (Å²) < 4.78 is 1.97. The second kappa shape index (κ2) is 5.84. The number of hydrogen-bond acceptors (Lipinski definition) is 3. The molecular formula is C16H28N4. The summed E-state index contributed by atoms with van der Waals surface area (Å²) in [5.74, 6) is 1.74. The van der Waals surface area contributed by atoms with Gasteiger partial charge in [0, 0.05) is 13.1 Å². The third-order valence-electron chi connectivity index (χ3n) is 5.77. The predicted octanol–water partition coefficient (Wildman–Crippen LogP) is 2.82. The molecule has 1 unspecified atom stereocenters. The zero-order valence-corrected chi connectivity index (χ0v) is 13.0.